The molecule has 4 aromatic rings. The number of aromatic nitrogens is 4. The standard InChI is InChI=1S/C26H27ClFN5O2/c1-16-24(18(3)30(4)29-16)26(35)32(14-19-11-12-20(28)13-23(19)27)15-22-17(2)31(5)33(25(22)34)21-9-7-6-8-10-21/h6-13H,14-15H2,1-5H3. The Labute approximate surface area is 207 Å². The first-order valence-corrected chi connectivity index (χ1v) is 11.5. The van der Waals surface area contributed by atoms with Gasteiger partial charge in [0.2, 0.25) is 0 Å². The quantitative estimate of drug-likeness (QED) is 0.396. The molecular weight excluding hydrogens is 469 g/mol. The molecule has 0 unspecified atom stereocenters. The van der Waals surface area contributed by atoms with E-state index in [1.807, 2.05) is 51.2 Å². The van der Waals surface area contributed by atoms with E-state index in [1.54, 1.807) is 39.0 Å². The van der Waals surface area contributed by atoms with Gasteiger partial charge in [-0.3, -0.25) is 19.0 Å². The summed E-state index contributed by atoms with van der Waals surface area (Å²) in [7, 11) is 3.59. The normalized spacial score (nSPS) is 11.2. The average molecular weight is 496 g/mol. The lowest BCUT2D eigenvalue weighted by Crippen LogP contribution is -2.33. The summed E-state index contributed by atoms with van der Waals surface area (Å²) in [6, 6.07) is 13.4. The SMILES string of the molecule is Cc1nn(C)c(C)c1C(=O)N(Cc1ccc(F)cc1Cl)Cc1c(C)n(C)n(-c2ccccc2)c1=O. The molecule has 0 bridgehead atoms. The zero-order valence-electron chi connectivity index (χ0n) is 20.3. The monoisotopic (exact) mass is 495 g/mol. The lowest BCUT2D eigenvalue weighted by atomic mass is 10.1. The van der Waals surface area contributed by atoms with Gasteiger partial charge in [-0.15, -0.1) is 0 Å². The van der Waals surface area contributed by atoms with E-state index in [1.165, 1.54) is 12.1 Å². The summed E-state index contributed by atoms with van der Waals surface area (Å²) in [6.07, 6.45) is 0. The van der Waals surface area contributed by atoms with Crippen molar-refractivity contribution in [3.63, 3.8) is 0 Å². The maximum absolute atomic E-state index is 13.8. The summed E-state index contributed by atoms with van der Waals surface area (Å²) < 4.78 is 18.7. The third kappa shape index (κ3) is 4.53. The van der Waals surface area contributed by atoms with Crippen LogP contribution in [0.25, 0.3) is 5.69 Å². The fourth-order valence-electron chi connectivity index (χ4n) is 4.29. The Morgan fingerprint density at radius 2 is 1.71 bits per heavy atom. The number of nitrogens with zero attached hydrogens (tertiary/aromatic N) is 5. The number of carbonyl (C=O) groups is 1. The minimum absolute atomic E-state index is 0.0542. The van der Waals surface area contributed by atoms with Crippen molar-refractivity contribution < 1.29 is 9.18 Å². The zero-order valence-corrected chi connectivity index (χ0v) is 21.1. The summed E-state index contributed by atoms with van der Waals surface area (Å²) in [6.45, 7) is 5.61. The number of benzene rings is 2. The van der Waals surface area contributed by atoms with Crippen LogP contribution in [0.2, 0.25) is 5.02 Å². The molecule has 0 spiro atoms. The molecule has 0 N–H and O–H groups in total. The molecule has 0 fully saturated rings. The smallest absolute Gasteiger partial charge is 0.276 e. The highest BCUT2D eigenvalue weighted by Crippen LogP contribution is 2.24. The predicted octanol–water partition coefficient (Wildman–Crippen LogP) is 4.47. The van der Waals surface area contributed by atoms with Crippen LogP contribution in [-0.4, -0.2) is 30.0 Å². The van der Waals surface area contributed by atoms with E-state index in [0.29, 0.717) is 28.1 Å². The third-order valence-electron chi connectivity index (χ3n) is 6.41. The first-order valence-electron chi connectivity index (χ1n) is 11.2. The summed E-state index contributed by atoms with van der Waals surface area (Å²) in [5.74, 6) is -0.734. The lowest BCUT2D eigenvalue weighted by Gasteiger charge is -2.23. The van der Waals surface area contributed by atoms with E-state index in [0.717, 1.165) is 11.4 Å². The number of hydrogen-bond donors (Lipinski definition) is 0. The highest BCUT2D eigenvalue weighted by atomic mass is 35.5. The van der Waals surface area contributed by atoms with Crippen molar-refractivity contribution in [2.45, 2.75) is 33.9 Å². The van der Waals surface area contributed by atoms with E-state index >= 15 is 0 Å². The van der Waals surface area contributed by atoms with E-state index in [9.17, 15) is 14.0 Å². The summed E-state index contributed by atoms with van der Waals surface area (Å²) in [5, 5.41) is 4.59. The van der Waals surface area contributed by atoms with Crippen molar-refractivity contribution in [1.29, 1.82) is 0 Å². The Bertz CT molecular complexity index is 1470. The molecule has 1 amide bonds. The number of halogens is 2. The molecule has 0 saturated heterocycles. The number of carbonyl (C=O) groups excluding carboxylic acids is 1. The van der Waals surface area contributed by atoms with Gasteiger partial charge >= 0.3 is 0 Å². The van der Waals surface area contributed by atoms with Gasteiger partial charge in [-0.1, -0.05) is 35.9 Å². The van der Waals surface area contributed by atoms with Crippen molar-refractivity contribution in [3.8, 4) is 5.69 Å². The Balaban J connectivity index is 1.80. The van der Waals surface area contributed by atoms with E-state index < -0.39 is 5.82 Å². The van der Waals surface area contributed by atoms with Gasteiger partial charge in [0.25, 0.3) is 11.5 Å². The van der Waals surface area contributed by atoms with Crippen LogP contribution in [0.1, 0.15) is 38.6 Å². The van der Waals surface area contributed by atoms with Gasteiger partial charge in [-0.05, 0) is 50.6 Å². The molecule has 7 nitrogen and oxygen atoms in total. The molecule has 2 aromatic carbocycles. The molecule has 0 aliphatic rings. The molecule has 9 heteroatoms. The highest BCUT2D eigenvalue weighted by molar-refractivity contribution is 6.31. The van der Waals surface area contributed by atoms with Crippen LogP contribution >= 0.6 is 11.6 Å². The van der Waals surface area contributed by atoms with E-state index in [2.05, 4.69) is 5.10 Å². The molecule has 0 aliphatic carbocycles. The number of amides is 1. The Hall–Kier alpha value is -3.65. The number of para-hydroxylation sites is 1. The van der Waals surface area contributed by atoms with Crippen LogP contribution in [0.3, 0.4) is 0 Å². The van der Waals surface area contributed by atoms with Crippen LogP contribution in [-0.2, 0) is 27.2 Å². The maximum atomic E-state index is 13.8. The van der Waals surface area contributed by atoms with Crippen LogP contribution in [0.5, 0.6) is 0 Å². The van der Waals surface area contributed by atoms with Gasteiger partial charge in [0, 0.05) is 37.1 Å². The molecule has 2 aromatic heterocycles. The fourth-order valence-corrected chi connectivity index (χ4v) is 4.52. The predicted molar refractivity (Wildman–Crippen MR) is 133 cm³/mol. The van der Waals surface area contributed by atoms with Crippen LogP contribution < -0.4 is 5.56 Å². The van der Waals surface area contributed by atoms with Crippen LogP contribution in [0.15, 0.2) is 53.3 Å². The molecule has 0 saturated carbocycles. The van der Waals surface area contributed by atoms with Gasteiger partial charge < -0.3 is 4.90 Å². The second-order valence-corrected chi connectivity index (χ2v) is 9.01. The number of hydrogen-bond acceptors (Lipinski definition) is 3. The van der Waals surface area contributed by atoms with Crippen molar-refractivity contribution in [2.24, 2.45) is 14.1 Å². The van der Waals surface area contributed by atoms with Gasteiger partial charge in [0.15, 0.2) is 0 Å². The fraction of sp³-hybridized carbons (Fsp3) is 0.269. The number of rotatable bonds is 6. The van der Waals surface area contributed by atoms with Crippen molar-refractivity contribution in [2.75, 3.05) is 0 Å². The Kier molecular flexibility index (Phi) is 6.67. The van der Waals surface area contributed by atoms with Gasteiger partial charge in [-0.2, -0.15) is 5.10 Å². The minimum atomic E-state index is -0.458. The maximum Gasteiger partial charge on any atom is 0.276 e. The second-order valence-electron chi connectivity index (χ2n) is 8.61. The van der Waals surface area contributed by atoms with Crippen molar-refractivity contribution in [3.05, 3.63) is 103 Å². The molecule has 0 aliphatic heterocycles. The minimum Gasteiger partial charge on any atom is -0.330 e. The number of aryl methyl sites for hydroxylation is 2. The zero-order chi connectivity index (χ0) is 25.4. The average Bonchev–Trinajstić information content (AvgIpc) is 3.19. The Morgan fingerprint density at radius 1 is 1.03 bits per heavy atom. The van der Waals surface area contributed by atoms with E-state index in [4.69, 9.17) is 11.6 Å². The molecule has 2 heterocycles. The van der Waals surface area contributed by atoms with E-state index in [-0.39, 0.29) is 29.6 Å². The largest absolute Gasteiger partial charge is 0.330 e. The first kappa shape index (κ1) is 24.5. The molecule has 35 heavy (non-hydrogen) atoms. The summed E-state index contributed by atoms with van der Waals surface area (Å²) in [5.41, 5.74) is 4.11. The van der Waals surface area contributed by atoms with Crippen LogP contribution in [0, 0.1) is 26.6 Å². The Morgan fingerprint density at radius 3 is 2.31 bits per heavy atom. The topological polar surface area (TPSA) is 65.1 Å². The second kappa shape index (κ2) is 9.54. The first-order chi connectivity index (χ1) is 16.6. The molecule has 0 atom stereocenters. The van der Waals surface area contributed by atoms with Crippen molar-refractivity contribution in [1.82, 2.24) is 24.0 Å². The van der Waals surface area contributed by atoms with Gasteiger partial charge in [-0.25, -0.2) is 9.07 Å². The molecular formula is C26H27ClFN5O2. The van der Waals surface area contributed by atoms with Gasteiger partial charge in [0.05, 0.1) is 29.1 Å². The third-order valence-corrected chi connectivity index (χ3v) is 6.76. The molecule has 0 radical (unpaired) electrons. The lowest BCUT2D eigenvalue weighted by molar-refractivity contribution is 0.0727. The molecule has 182 valence electrons. The van der Waals surface area contributed by atoms with Gasteiger partial charge in [0.1, 0.15) is 5.82 Å². The molecule has 4 rings (SSSR count). The summed E-state index contributed by atoms with van der Waals surface area (Å²) >= 11 is 6.30. The van der Waals surface area contributed by atoms with Crippen LogP contribution in [0.4, 0.5) is 4.39 Å². The van der Waals surface area contributed by atoms with Crippen molar-refractivity contribution >= 4 is 17.5 Å². The summed E-state index contributed by atoms with van der Waals surface area (Å²) in [4.78, 5) is 28.9. The highest BCUT2D eigenvalue weighted by Gasteiger charge is 2.27.